The summed E-state index contributed by atoms with van der Waals surface area (Å²) in [6.07, 6.45) is 2.14. The molecule has 0 unspecified atom stereocenters. The summed E-state index contributed by atoms with van der Waals surface area (Å²) in [5.41, 5.74) is 0. The van der Waals surface area contributed by atoms with E-state index < -0.39 is 27.8 Å². The van der Waals surface area contributed by atoms with E-state index in [1.165, 1.54) is 14.1 Å². The second-order valence-electron chi connectivity index (χ2n) is 5.23. The zero-order valence-corrected chi connectivity index (χ0v) is 12.1. The predicted molar refractivity (Wildman–Crippen MR) is 73.8 cm³/mol. The van der Waals surface area contributed by atoms with Crippen molar-refractivity contribution < 1.29 is 31.8 Å². The van der Waals surface area contributed by atoms with E-state index in [-0.39, 0.29) is 37.2 Å². The van der Waals surface area contributed by atoms with E-state index >= 15 is 0 Å². The number of amides is 2. The molecule has 0 bridgehead atoms. The monoisotopic (exact) mass is 320 g/mol. The SMILES string of the molecule is C.C[N+](C)(CCC(=O)CN1C(=O)C=CC1=O)CS(=O)(=O)[O-]. The summed E-state index contributed by atoms with van der Waals surface area (Å²) in [4.78, 5) is 35.0. The van der Waals surface area contributed by atoms with Gasteiger partial charge in [-0.25, -0.2) is 8.42 Å². The first kappa shape index (κ1) is 19.4. The van der Waals surface area contributed by atoms with Crippen LogP contribution in [0.2, 0.25) is 0 Å². The molecule has 1 heterocycles. The van der Waals surface area contributed by atoms with Crippen LogP contribution in [0, 0.1) is 0 Å². The lowest BCUT2D eigenvalue weighted by molar-refractivity contribution is -0.878. The molecule has 1 aliphatic rings. The molecule has 0 N–H and O–H groups in total. The molecule has 0 atom stereocenters. The van der Waals surface area contributed by atoms with Crippen molar-refractivity contribution in [2.75, 3.05) is 33.1 Å². The Balaban J connectivity index is 0.00000400. The number of carbonyl (C=O) groups excluding carboxylic acids is 3. The van der Waals surface area contributed by atoms with Gasteiger partial charge in [0.05, 0.1) is 33.6 Å². The molecule has 0 aromatic carbocycles. The van der Waals surface area contributed by atoms with E-state index in [0.717, 1.165) is 17.1 Å². The number of hydrogen-bond acceptors (Lipinski definition) is 6. The first-order chi connectivity index (χ1) is 9.00. The van der Waals surface area contributed by atoms with Gasteiger partial charge in [-0.2, -0.15) is 0 Å². The number of nitrogens with zero attached hydrogens (tertiary/aromatic N) is 2. The second-order valence-corrected chi connectivity index (χ2v) is 6.60. The number of quaternary nitrogens is 1. The fraction of sp³-hybridized carbons (Fsp3) is 0.583. The Kier molecular flexibility index (Phi) is 6.40. The van der Waals surface area contributed by atoms with Crippen LogP contribution in [0.5, 0.6) is 0 Å². The Labute approximate surface area is 124 Å². The minimum Gasteiger partial charge on any atom is -0.744 e. The van der Waals surface area contributed by atoms with E-state index in [1.54, 1.807) is 0 Å². The minimum atomic E-state index is -4.39. The molecule has 0 aromatic heterocycles. The Morgan fingerprint density at radius 1 is 1.24 bits per heavy atom. The van der Waals surface area contributed by atoms with Crippen LogP contribution in [-0.4, -0.2) is 73.0 Å². The van der Waals surface area contributed by atoms with E-state index in [1.807, 2.05) is 0 Å². The van der Waals surface area contributed by atoms with E-state index in [2.05, 4.69) is 0 Å². The maximum absolute atomic E-state index is 11.7. The first-order valence-corrected chi connectivity index (χ1v) is 7.39. The van der Waals surface area contributed by atoms with Crippen molar-refractivity contribution in [3.63, 3.8) is 0 Å². The van der Waals surface area contributed by atoms with Crippen LogP contribution in [-0.2, 0) is 24.5 Å². The molecule has 0 radical (unpaired) electrons. The molecule has 21 heavy (non-hydrogen) atoms. The van der Waals surface area contributed by atoms with Crippen molar-refractivity contribution in [1.29, 1.82) is 0 Å². The number of hydrogen-bond donors (Lipinski definition) is 0. The van der Waals surface area contributed by atoms with Crippen molar-refractivity contribution in [2.24, 2.45) is 0 Å². The molecule has 9 heteroatoms. The normalized spacial score (nSPS) is 15.3. The van der Waals surface area contributed by atoms with Gasteiger partial charge in [0.25, 0.3) is 11.8 Å². The quantitative estimate of drug-likeness (QED) is 0.341. The van der Waals surface area contributed by atoms with Crippen LogP contribution in [0.15, 0.2) is 12.2 Å². The highest BCUT2D eigenvalue weighted by Crippen LogP contribution is 2.06. The Bertz CT molecular complexity index is 546. The zero-order chi connectivity index (χ0) is 15.6. The second kappa shape index (κ2) is 6.92. The van der Waals surface area contributed by atoms with Crippen LogP contribution in [0.1, 0.15) is 13.8 Å². The van der Waals surface area contributed by atoms with Gasteiger partial charge in [-0.15, -0.1) is 0 Å². The van der Waals surface area contributed by atoms with Crippen LogP contribution in [0.4, 0.5) is 0 Å². The Hall–Kier alpha value is -1.58. The van der Waals surface area contributed by atoms with Gasteiger partial charge in [0.1, 0.15) is 10.1 Å². The van der Waals surface area contributed by atoms with Crippen LogP contribution in [0.25, 0.3) is 0 Å². The highest BCUT2D eigenvalue weighted by atomic mass is 32.2. The van der Waals surface area contributed by atoms with Gasteiger partial charge in [0.2, 0.25) is 0 Å². The number of rotatable bonds is 7. The van der Waals surface area contributed by atoms with Crippen LogP contribution < -0.4 is 0 Å². The number of Topliss-reactive ketones (excluding diaryl/α,β-unsaturated/α-hetero) is 1. The third kappa shape index (κ3) is 6.61. The van der Waals surface area contributed by atoms with Gasteiger partial charge in [0, 0.05) is 12.2 Å². The summed E-state index contributed by atoms with van der Waals surface area (Å²) < 4.78 is 31.9. The van der Waals surface area contributed by atoms with Gasteiger partial charge in [-0.05, 0) is 0 Å². The Morgan fingerprint density at radius 2 is 1.71 bits per heavy atom. The summed E-state index contributed by atoms with van der Waals surface area (Å²) >= 11 is 0. The molecule has 0 saturated carbocycles. The highest BCUT2D eigenvalue weighted by Gasteiger charge is 2.27. The van der Waals surface area contributed by atoms with Gasteiger partial charge in [-0.3, -0.25) is 19.3 Å². The number of carbonyl (C=O) groups is 3. The molecule has 0 aliphatic carbocycles. The molecule has 120 valence electrons. The van der Waals surface area contributed by atoms with Gasteiger partial charge >= 0.3 is 0 Å². The van der Waals surface area contributed by atoms with E-state index in [9.17, 15) is 27.4 Å². The molecule has 8 nitrogen and oxygen atoms in total. The van der Waals surface area contributed by atoms with E-state index in [4.69, 9.17) is 0 Å². The third-order valence-electron chi connectivity index (χ3n) is 2.74. The standard InChI is InChI=1S/C11H16N2O6S.CH4/c1-13(2,8-20(17,18)19)6-5-9(14)7-12-10(15)3-4-11(12)16;/h3-4H,5-8H2,1-2H3;1H4. The molecular formula is C12H20N2O6S. The predicted octanol–water partition coefficient (Wildman–Crippen LogP) is -0.914. The molecule has 0 fully saturated rings. The molecule has 1 aliphatic heterocycles. The average molecular weight is 320 g/mol. The van der Waals surface area contributed by atoms with Gasteiger partial charge < -0.3 is 9.04 Å². The van der Waals surface area contributed by atoms with Crippen molar-refractivity contribution in [2.45, 2.75) is 13.8 Å². The summed E-state index contributed by atoms with van der Waals surface area (Å²) in [5, 5.41) is 0. The summed E-state index contributed by atoms with van der Waals surface area (Å²) in [5.74, 6) is -2.08. The lowest BCUT2D eigenvalue weighted by Gasteiger charge is -2.30. The average Bonchev–Trinajstić information content (AvgIpc) is 2.55. The van der Waals surface area contributed by atoms with Gasteiger partial charge in [-0.1, -0.05) is 7.43 Å². The fourth-order valence-corrected chi connectivity index (χ4v) is 2.75. The minimum absolute atomic E-state index is 0. The van der Waals surface area contributed by atoms with Crippen molar-refractivity contribution in [1.82, 2.24) is 4.90 Å². The molecule has 0 saturated heterocycles. The zero-order valence-electron chi connectivity index (χ0n) is 11.2. The Morgan fingerprint density at radius 3 is 2.14 bits per heavy atom. The summed E-state index contributed by atoms with van der Waals surface area (Å²) in [6, 6.07) is 0. The molecule has 1 rings (SSSR count). The molecule has 0 spiro atoms. The number of imide groups is 1. The largest absolute Gasteiger partial charge is 0.744 e. The van der Waals surface area contributed by atoms with Crippen molar-refractivity contribution in [3.05, 3.63) is 12.2 Å². The smallest absolute Gasteiger partial charge is 0.254 e. The van der Waals surface area contributed by atoms with Gasteiger partial charge in [0.15, 0.2) is 11.7 Å². The summed E-state index contributed by atoms with van der Waals surface area (Å²) in [7, 11) is -1.37. The fourth-order valence-electron chi connectivity index (χ4n) is 1.76. The number of ketones is 1. The lowest BCUT2D eigenvalue weighted by atomic mass is 10.2. The summed E-state index contributed by atoms with van der Waals surface area (Å²) in [6.45, 7) is -0.210. The maximum Gasteiger partial charge on any atom is 0.254 e. The lowest BCUT2D eigenvalue weighted by Crippen LogP contribution is -2.45. The van der Waals surface area contributed by atoms with Crippen LogP contribution in [0.3, 0.4) is 0 Å². The third-order valence-corrected chi connectivity index (χ3v) is 3.75. The van der Waals surface area contributed by atoms with Crippen LogP contribution >= 0.6 is 0 Å². The molecule has 0 aromatic rings. The maximum atomic E-state index is 11.7. The highest BCUT2D eigenvalue weighted by molar-refractivity contribution is 7.85. The van der Waals surface area contributed by atoms with E-state index in [0.29, 0.717) is 0 Å². The molecular weight excluding hydrogens is 300 g/mol. The van der Waals surface area contributed by atoms with Crippen molar-refractivity contribution in [3.8, 4) is 0 Å². The molecule has 2 amide bonds. The topological polar surface area (TPSA) is 112 Å². The van der Waals surface area contributed by atoms with Crippen molar-refractivity contribution >= 4 is 27.7 Å². The first-order valence-electron chi connectivity index (χ1n) is 5.81.